The van der Waals surface area contributed by atoms with Crippen LogP contribution >= 0.6 is 12.4 Å². The van der Waals surface area contributed by atoms with Gasteiger partial charge in [0.25, 0.3) is 0 Å². The van der Waals surface area contributed by atoms with Crippen LogP contribution in [0.25, 0.3) is 22.0 Å². The van der Waals surface area contributed by atoms with E-state index in [4.69, 9.17) is 0 Å². The molecule has 2 N–H and O–H groups in total. The van der Waals surface area contributed by atoms with E-state index in [0.29, 0.717) is 11.4 Å². The summed E-state index contributed by atoms with van der Waals surface area (Å²) in [6.07, 6.45) is 1.70. The van der Waals surface area contributed by atoms with E-state index in [0.717, 1.165) is 42.4 Å². The number of nitrogens with zero attached hydrogens (tertiary/aromatic N) is 2. The molecule has 1 amide bonds. The van der Waals surface area contributed by atoms with Gasteiger partial charge in [-0.3, -0.25) is 9.89 Å². The molecule has 1 saturated heterocycles. The Labute approximate surface area is 163 Å². The summed E-state index contributed by atoms with van der Waals surface area (Å²) >= 11 is 0. The van der Waals surface area contributed by atoms with Crippen LogP contribution in [0.3, 0.4) is 0 Å². The predicted molar refractivity (Wildman–Crippen MR) is 108 cm³/mol. The highest BCUT2D eigenvalue weighted by atomic mass is 35.5. The van der Waals surface area contributed by atoms with E-state index in [1.807, 2.05) is 18.2 Å². The topological polar surface area (TPSA) is 61.0 Å². The molecular weight excluding hydrogens is 367 g/mol. The molecule has 4 rings (SSSR count). The van der Waals surface area contributed by atoms with Gasteiger partial charge in [-0.2, -0.15) is 5.10 Å². The van der Waals surface area contributed by atoms with Gasteiger partial charge in [0.2, 0.25) is 5.91 Å². The Balaban J connectivity index is 0.00000210. The van der Waals surface area contributed by atoms with Gasteiger partial charge in [-0.15, -0.1) is 12.4 Å². The Kier molecular flexibility index (Phi) is 5.77. The van der Waals surface area contributed by atoms with Crippen molar-refractivity contribution in [1.82, 2.24) is 15.1 Å². The van der Waals surface area contributed by atoms with Crippen LogP contribution in [0.4, 0.5) is 10.2 Å². The van der Waals surface area contributed by atoms with Crippen LogP contribution in [0.1, 0.15) is 12.8 Å². The van der Waals surface area contributed by atoms with Crippen molar-refractivity contribution < 1.29 is 9.18 Å². The fourth-order valence-electron chi connectivity index (χ4n) is 3.46. The van der Waals surface area contributed by atoms with Crippen LogP contribution in [-0.4, -0.2) is 41.1 Å². The fourth-order valence-corrected chi connectivity index (χ4v) is 3.46. The second kappa shape index (κ2) is 8.06. The molecule has 27 heavy (non-hydrogen) atoms. The zero-order chi connectivity index (χ0) is 18.1. The Morgan fingerprint density at radius 1 is 1.22 bits per heavy atom. The molecule has 0 unspecified atom stereocenters. The first-order chi connectivity index (χ1) is 12.6. The highest BCUT2D eigenvalue weighted by Crippen LogP contribution is 2.29. The number of hydrogen-bond donors (Lipinski definition) is 2. The number of hydrogen-bond acceptors (Lipinski definition) is 3. The lowest BCUT2D eigenvalue weighted by Crippen LogP contribution is -2.36. The minimum Gasteiger partial charge on any atom is -0.308 e. The predicted octanol–water partition coefficient (Wildman–Crippen LogP) is 4.07. The van der Waals surface area contributed by atoms with Crippen molar-refractivity contribution in [2.24, 2.45) is 5.92 Å². The fraction of sp³-hybridized carbons (Fsp3) is 0.300. The maximum atomic E-state index is 14.1. The molecule has 1 fully saturated rings. The summed E-state index contributed by atoms with van der Waals surface area (Å²) in [5.41, 5.74) is 2.10. The molecule has 2 aromatic carbocycles. The van der Waals surface area contributed by atoms with Crippen LogP contribution in [-0.2, 0) is 4.79 Å². The summed E-state index contributed by atoms with van der Waals surface area (Å²) in [6, 6.07) is 12.2. The van der Waals surface area contributed by atoms with Crippen LogP contribution in [0, 0.1) is 11.7 Å². The molecule has 0 atom stereocenters. The summed E-state index contributed by atoms with van der Waals surface area (Å²) in [4.78, 5) is 14.8. The van der Waals surface area contributed by atoms with Crippen molar-refractivity contribution in [2.75, 3.05) is 25.5 Å². The Hall–Kier alpha value is -2.44. The second-order valence-electron chi connectivity index (χ2n) is 6.88. The van der Waals surface area contributed by atoms with E-state index in [9.17, 15) is 9.18 Å². The maximum absolute atomic E-state index is 14.1. The smallest absolute Gasteiger partial charge is 0.228 e. The van der Waals surface area contributed by atoms with Crippen molar-refractivity contribution in [3.63, 3.8) is 0 Å². The van der Waals surface area contributed by atoms with Gasteiger partial charge in [0.15, 0.2) is 5.82 Å². The van der Waals surface area contributed by atoms with Crippen molar-refractivity contribution in [2.45, 2.75) is 12.8 Å². The van der Waals surface area contributed by atoms with Crippen molar-refractivity contribution >= 4 is 35.0 Å². The van der Waals surface area contributed by atoms with E-state index < -0.39 is 0 Å². The number of benzene rings is 2. The number of piperidine rings is 1. The standard InChI is InChI=1S/C20H21FN4O.ClH/c1-25-10-8-13(9-11-25)20(26)22-19-16-12-14(6-7-18(16)23-24-19)15-4-2-3-5-17(15)21;/h2-7,12-13H,8-11H2,1H3,(H2,22,23,24,26);1H. The lowest BCUT2D eigenvalue weighted by molar-refractivity contribution is -0.121. The van der Waals surface area contributed by atoms with E-state index in [1.165, 1.54) is 6.07 Å². The molecule has 1 aliphatic rings. The number of halogens is 2. The van der Waals surface area contributed by atoms with Gasteiger partial charge in [0, 0.05) is 16.9 Å². The number of H-pyrrole nitrogens is 1. The van der Waals surface area contributed by atoms with Gasteiger partial charge in [0.05, 0.1) is 5.52 Å². The third-order valence-corrected chi connectivity index (χ3v) is 5.08. The third kappa shape index (κ3) is 3.96. The summed E-state index contributed by atoms with van der Waals surface area (Å²) in [7, 11) is 2.07. The molecule has 1 aliphatic heterocycles. The lowest BCUT2D eigenvalue weighted by atomic mass is 9.96. The zero-order valence-electron chi connectivity index (χ0n) is 15.0. The third-order valence-electron chi connectivity index (χ3n) is 5.08. The molecule has 1 aromatic heterocycles. The number of amides is 1. The average Bonchev–Trinajstić information content (AvgIpc) is 3.05. The Bertz CT molecular complexity index is 950. The van der Waals surface area contributed by atoms with Crippen molar-refractivity contribution in [1.29, 1.82) is 0 Å². The highest BCUT2D eigenvalue weighted by Gasteiger charge is 2.24. The van der Waals surface area contributed by atoms with Crippen LogP contribution in [0.2, 0.25) is 0 Å². The number of carbonyl (C=O) groups is 1. The van der Waals surface area contributed by atoms with Gasteiger partial charge in [-0.05, 0) is 56.7 Å². The molecular formula is C20H22ClFN4O. The molecule has 2 heterocycles. The number of rotatable bonds is 3. The number of fused-ring (bicyclic) bond motifs is 1. The van der Waals surface area contributed by atoms with Crippen molar-refractivity contribution in [3.8, 4) is 11.1 Å². The van der Waals surface area contributed by atoms with Gasteiger partial charge in [-0.25, -0.2) is 4.39 Å². The van der Waals surface area contributed by atoms with E-state index >= 15 is 0 Å². The van der Waals surface area contributed by atoms with Gasteiger partial charge in [-0.1, -0.05) is 24.3 Å². The molecule has 0 aliphatic carbocycles. The Morgan fingerprint density at radius 3 is 2.70 bits per heavy atom. The van der Waals surface area contributed by atoms with Gasteiger partial charge >= 0.3 is 0 Å². The number of carbonyl (C=O) groups excluding carboxylic acids is 1. The zero-order valence-corrected chi connectivity index (χ0v) is 15.9. The molecule has 5 nitrogen and oxygen atoms in total. The average molecular weight is 389 g/mol. The molecule has 142 valence electrons. The van der Waals surface area contributed by atoms with Crippen LogP contribution in [0.15, 0.2) is 42.5 Å². The largest absolute Gasteiger partial charge is 0.308 e. The summed E-state index contributed by atoms with van der Waals surface area (Å²) < 4.78 is 14.1. The summed E-state index contributed by atoms with van der Waals surface area (Å²) in [5, 5.41) is 10.9. The number of likely N-dealkylation sites (tertiary alicyclic amines) is 1. The maximum Gasteiger partial charge on any atom is 0.228 e. The first kappa shape index (κ1) is 19.3. The lowest BCUT2D eigenvalue weighted by Gasteiger charge is -2.27. The minimum absolute atomic E-state index is 0. The van der Waals surface area contributed by atoms with Crippen LogP contribution in [0.5, 0.6) is 0 Å². The van der Waals surface area contributed by atoms with Gasteiger partial charge < -0.3 is 10.2 Å². The molecule has 0 bridgehead atoms. The van der Waals surface area contributed by atoms with Gasteiger partial charge in [0.1, 0.15) is 5.82 Å². The van der Waals surface area contributed by atoms with E-state index in [-0.39, 0.29) is 30.0 Å². The van der Waals surface area contributed by atoms with Crippen LogP contribution < -0.4 is 5.32 Å². The SMILES string of the molecule is CN1CCC(C(=O)Nc2n[nH]c3ccc(-c4ccccc4F)cc23)CC1.Cl. The number of aromatic amines is 1. The van der Waals surface area contributed by atoms with E-state index in [2.05, 4.69) is 27.5 Å². The number of aromatic nitrogens is 2. The molecule has 0 radical (unpaired) electrons. The molecule has 7 heteroatoms. The normalized spacial score (nSPS) is 15.5. The summed E-state index contributed by atoms with van der Waals surface area (Å²) in [6.45, 7) is 1.85. The molecule has 0 spiro atoms. The summed E-state index contributed by atoms with van der Waals surface area (Å²) in [5.74, 6) is 0.241. The molecule has 3 aromatic rings. The first-order valence-electron chi connectivity index (χ1n) is 8.84. The first-order valence-corrected chi connectivity index (χ1v) is 8.84. The van der Waals surface area contributed by atoms with E-state index in [1.54, 1.807) is 18.2 Å². The minimum atomic E-state index is -0.271. The second-order valence-corrected chi connectivity index (χ2v) is 6.88. The quantitative estimate of drug-likeness (QED) is 0.711. The number of anilines is 1. The molecule has 0 saturated carbocycles. The van der Waals surface area contributed by atoms with Crippen molar-refractivity contribution in [3.05, 3.63) is 48.3 Å². The number of nitrogens with one attached hydrogen (secondary N) is 2. The highest BCUT2D eigenvalue weighted by molar-refractivity contribution is 6.01. The Morgan fingerprint density at radius 2 is 1.96 bits per heavy atom. The monoisotopic (exact) mass is 388 g/mol.